The maximum absolute atomic E-state index is 13.4. The van der Waals surface area contributed by atoms with Crippen LogP contribution in [0.2, 0.25) is 0 Å². The molecule has 1 amide bonds. The van der Waals surface area contributed by atoms with Gasteiger partial charge in [-0.2, -0.15) is 5.10 Å². The minimum Gasteiger partial charge on any atom is -0.322 e. The number of anilines is 1. The summed E-state index contributed by atoms with van der Waals surface area (Å²) in [5.74, 6) is 0.277. The number of hydrogen-bond acceptors (Lipinski definition) is 6. The molecule has 5 aromatic rings. The average molecular weight is 488 g/mol. The van der Waals surface area contributed by atoms with E-state index in [9.17, 15) is 9.59 Å². The maximum Gasteiger partial charge on any atom is 0.263 e. The molecule has 5 rings (SSSR count). The molecule has 35 heavy (non-hydrogen) atoms. The number of carbonyl (C=O) groups excluding carboxylic acids is 1. The largest absolute Gasteiger partial charge is 0.322 e. The predicted molar refractivity (Wildman–Crippen MR) is 137 cm³/mol. The molecular formula is C25H25N7O2S. The number of thioether (sulfide) groups is 1. The molecule has 1 unspecified atom stereocenters. The van der Waals surface area contributed by atoms with Gasteiger partial charge in [0.2, 0.25) is 11.7 Å². The Bertz CT molecular complexity index is 1620. The Balaban J connectivity index is 1.54. The van der Waals surface area contributed by atoms with Crippen molar-refractivity contribution in [2.45, 2.75) is 37.7 Å². The second-order valence-corrected chi connectivity index (χ2v) is 9.74. The fourth-order valence-electron chi connectivity index (χ4n) is 4.11. The monoisotopic (exact) mass is 487 g/mol. The van der Waals surface area contributed by atoms with Gasteiger partial charge in [0, 0.05) is 7.05 Å². The van der Waals surface area contributed by atoms with Crippen LogP contribution in [0.5, 0.6) is 0 Å². The topological polar surface area (TPSA) is 99.1 Å². The maximum atomic E-state index is 13.4. The van der Waals surface area contributed by atoms with Crippen molar-refractivity contribution in [2.75, 3.05) is 5.32 Å². The third kappa shape index (κ3) is 4.10. The molecule has 0 saturated carbocycles. The Hall–Kier alpha value is -3.92. The summed E-state index contributed by atoms with van der Waals surface area (Å²) >= 11 is 1.30. The molecule has 178 valence electrons. The number of nitrogens with zero attached hydrogens (tertiary/aromatic N) is 6. The number of hydrogen-bond donors (Lipinski definition) is 1. The second kappa shape index (κ2) is 9.03. The highest BCUT2D eigenvalue weighted by atomic mass is 32.2. The lowest BCUT2D eigenvalue weighted by molar-refractivity contribution is -0.115. The van der Waals surface area contributed by atoms with Crippen LogP contribution in [-0.2, 0) is 18.4 Å². The summed E-state index contributed by atoms with van der Waals surface area (Å²) in [4.78, 5) is 26.4. The first-order chi connectivity index (χ1) is 16.8. The van der Waals surface area contributed by atoms with E-state index in [0.717, 1.165) is 22.6 Å². The summed E-state index contributed by atoms with van der Waals surface area (Å²) in [6.45, 7) is 5.97. The smallest absolute Gasteiger partial charge is 0.263 e. The molecule has 1 N–H and O–H groups in total. The Morgan fingerprint density at radius 2 is 1.77 bits per heavy atom. The number of carbonyl (C=O) groups is 1. The molecule has 0 aliphatic heterocycles. The van der Waals surface area contributed by atoms with Gasteiger partial charge >= 0.3 is 0 Å². The van der Waals surface area contributed by atoms with E-state index >= 15 is 0 Å². The summed E-state index contributed by atoms with van der Waals surface area (Å²) in [5.41, 5.74) is 3.93. The van der Waals surface area contributed by atoms with Crippen molar-refractivity contribution in [3.05, 3.63) is 81.9 Å². The van der Waals surface area contributed by atoms with Crippen molar-refractivity contribution in [2.24, 2.45) is 7.05 Å². The number of fused-ring (bicyclic) bond motifs is 3. The number of nitrogens with one attached hydrogen (secondary N) is 1. The molecular weight excluding hydrogens is 462 g/mol. The lowest BCUT2D eigenvalue weighted by atomic mass is 10.2. The van der Waals surface area contributed by atoms with E-state index in [2.05, 4.69) is 20.6 Å². The van der Waals surface area contributed by atoms with Crippen molar-refractivity contribution < 1.29 is 4.79 Å². The SMILES string of the molecule is Cc1nn(C)c(C)c1NC(=O)C(C)Sc1nnc2n(Cc3ccccc3)c(=O)c3ccccc3n12. The van der Waals surface area contributed by atoms with Crippen LogP contribution in [-0.4, -0.2) is 40.1 Å². The van der Waals surface area contributed by atoms with E-state index in [4.69, 9.17) is 0 Å². The van der Waals surface area contributed by atoms with Crippen molar-refractivity contribution in [1.29, 1.82) is 0 Å². The van der Waals surface area contributed by atoms with Crippen LogP contribution in [0, 0.1) is 13.8 Å². The van der Waals surface area contributed by atoms with Gasteiger partial charge in [0.15, 0.2) is 5.16 Å². The molecule has 1 atom stereocenters. The Kier molecular flexibility index (Phi) is 5.89. The number of para-hydroxylation sites is 1. The van der Waals surface area contributed by atoms with Crippen molar-refractivity contribution >= 4 is 40.0 Å². The highest BCUT2D eigenvalue weighted by molar-refractivity contribution is 8.00. The number of rotatable bonds is 6. The van der Waals surface area contributed by atoms with Gasteiger partial charge in [-0.3, -0.25) is 23.2 Å². The van der Waals surface area contributed by atoms with E-state index in [1.54, 1.807) is 15.3 Å². The van der Waals surface area contributed by atoms with Gasteiger partial charge in [-0.25, -0.2) is 0 Å². The fourth-order valence-corrected chi connectivity index (χ4v) is 4.96. The molecule has 0 fully saturated rings. The normalized spacial score (nSPS) is 12.3. The number of aromatic nitrogens is 6. The van der Waals surface area contributed by atoms with E-state index in [1.807, 2.05) is 80.8 Å². The van der Waals surface area contributed by atoms with Crippen LogP contribution in [0.25, 0.3) is 16.7 Å². The molecule has 0 bridgehead atoms. The number of benzene rings is 2. The van der Waals surface area contributed by atoms with Gasteiger partial charge in [0.25, 0.3) is 5.56 Å². The van der Waals surface area contributed by atoms with Crippen molar-refractivity contribution in [1.82, 2.24) is 28.9 Å². The van der Waals surface area contributed by atoms with Crippen LogP contribution in [0.3, 0.4) is 0 Å². The van der Waals surface area contributed by atoms with Gasteiger partial charge in [0.1, 0.15) is 0 Å². The molecule has 3 heterocycles. The molecule has 0 spiro atoms. The Morgan fingerprint density at radius 3 is 2.49 bits per heavy atom. The lowest BCUT2D eigenvalue weighted by Gasteiger charge is -2.13. The quantitative estimate of drug-likeness (QED) is 0.368. The molecule has 9 nitrogen and oxygen atoms in total. The molecule has 3 aromatic heterocycles. The first kappa shape index (κ1) is 22.9. The van der Waals surface area contributed by atoms with Crippen LogP contribution < -0.4 is 10.9 Å². The lowest BCUT2D eigenvalue weighted by Crippen LogP contribution is -2.25. The number of aryl methyl sites for hydroxylation is 2. The van der Waals surface area contributed by atoms with E-state index in [0.29, 0.717) is 28.4 Å². The summed E-state index contributed by atoms with van der Waals surface area (Å²) in [5, 5.41) is 16.7. The summed E-state index contributed by atoms with van der Waals surface area (Å²) < 4.78 is 5.23. The zero-order valence-corrected chi connectivity index (χ0v) is 20.7. The first-order valence-electron chi connectivity index (χ1n) is 11.2. The van der Waals surface area contributed by atoms with Crippen molar-refractivity contribution in [3.8, 4) is 0 Å². The van der Waals surface area contributed by atoms with Gasteiger partial charge in [-0.05, 0) is 38.5 Å². The summed E-state index contributed by atoms with van der Waals surface area (Å²) in [6.07, 6.45) is 0. The zero-order chi connectivity index (χ0) is 24.7. The Labute approximate surface area is 205 Å². The standard InChI is InChI=1S/C25H25N7O2S/c1-15-21(16(2)30(4)29-15)26-22(33)17(3)35-25-28-27-24-31(14-18-10-6-5-7-11-18)23(34)19-12-8-9-13-20(19)32(24)25/h5-13,17H,14H2,1-4H3,(H,26,33). The van der Waals surface area contributed by atoms with Gasteiger partial charge in [-0.1, -0.05) is 54.2 Å². The van der Waals surface area contributed by atoms with Gasteiger partial charge in [-0.15, -0.1) is 10.2 Å². The third-order valence-electron chi connectivity index (χ3n) is 6.07. The van der Waals surface area contributed by atoms with E-state index in [-0.39, 0.29) is 11.5 Å². The van der Waals surface area contributed by atoms with Crippen LogP contribution in [0.1, 0.15) is 23.9 Å². The second-order valence-electron chi connectivity index (χ2n) is 8.43. The van der Waals surface area contributed by atoms with Gasteiger partial charge in [0.05, 0.1) is 39.8 Å². The molecule has 0 saturated heterocycles. The number of amides is 1. The van der Waals surface area contributed by atoms with Crippen LogP contribution in [0.15, 0.2) is 64.5 Å². The molecule has 2 aromatic carbocycles. The van der Waals surface area contributed by atoms with E-state index in [1.165, 1.54) is 11.8 Å². The minimum atomic E-state index is -0.463. The Morgan fingerprint density at radius 1 is 1.06 bits per heavy atom. The fraction of sp³-hybridized carbons (Fsp3) is 0.240. The van der Waals surface area contributed by atoms with Crippen molar-refractivity contribution in [3.63, 3.8) is 0 Å². The van der Waals surface area contributed by atoms with Crippen LogP contribution in [0.4, 0.5) is 5.69 Å². The summed E-state index contributed by atoms with van der Waals surface area (Å²) in [7, 11) is 1.85. The average Bonchev–Trinajstić information content (AvgIpc) is 3.38. The molecule has 0 radical (unpaired) electrons. The predicted octanol–water partition coefficient (Wildman–Crippen LogP) is 3.56. The van der Waals surface area contributed by atoms with Crippen LogP contribution >= 0.6 is 11.8 Å². The highest BCUT2D eigenvalue weighted by Crippen LogP contribution is 2.27. The van der Waals surface area contributed by atoms with Gasteiger partial charge < -0.3 is 5.32 Å². The highest BCUT2D eigenvalue weighted by Gasteiger charge is 2.23. The molecule has 0 aliphatic rings. The zero-order valence-electron chi connectivity index (χ0n) is 19.9. The summed E-state index contributed by atoms with van der Waals surface area (Å²) in [6, 6.07) is 17.2. The minimum absolute atomic E-state index is 0.130. The first-order valence-corrected chi connectivity index (χ1v) is 12.1. The molecule has 0 aliphatic carbocycles. The third-order valence-corrected chi connectivity index (χ3v) is 7.11. The van der Waals surface area contributed by atoms with E-state index < -0.39 is 5.25 Å². The molecule has 10 heteroatoms.